The molecule has 0 spiro atoms. The minimum Gasteiger partial charge on any atom is -0.381 e. The summed E-state index contributed by atoms with van der Waals surface area (Å²) in [5, 5.41) is 26.7. The number of aromatic nitrogens is 5. The molecule has 0 aromatic carbocycles. The van der Waals surface area contributed by atoms with E-state index in [-0.39, 0.29) is 18.3 Å². The van der Waals surface area contributed by atoms with Gasteiger partial charge in [-0.25, -0.2) is 19.9 Å². The van der Waals surface area contributed by atoms with Crippen LogP contribution in [-0.4, -0.2) is 69.6 Å². The number of nitrogens with one attached hydrogen (secondary N) is 5. The molecular formula is C30H41N9O3. The molecule has 1 saturated carbocycles. The van der Waals surface area contributed by atoms with Gasteiger partial charge in [0.1, 0.15) is 18.2 Å². The third-order valence-electron chi connectivity index (χ3n) is 8.18. The highest BCUT2D eigenvalue weighted by molar-refractivity contribution is 5.68. The predicted octanol–water partition coefficient (Wildman–Crippen LogP) is 3.51. The number of H-pyrrole nitrogens is 2. The van der Waals surface area contributed by atoms with E-state index in [1.54, 1.807) is 0 Å². The molecule has 3 aromatic heterocycles. The van der Waals surface area contributed by atoms with Crippen molar-refractivity contribution in [3.8, 4) is 17.3 Å². The number of hydrogen-bond acceptors (Lipinski definition) is 10. The quantitative estimate of drug-likeness (QED) is 0.216. The molecule has 4 heterocycles. The molecule has 2 aliphatic rings. The van der Waals surface area contributed by atoms with Crippen LogP contribution in [0.4, 0.5) is 11.6 Å². The van der Waals surface area contributed by atoms with Crippen LogP contribution in [0.1, 0.15) is 56.8 Å². The van der Waals surface area contributed by atoms with E-state index in [0.29, 0.717) is 44.3 Å². The molecule has 12 heteroatoms. The summed E-state index contributed by atoms with van der Waals surface area (Å²) < 4.78 is 11.1. The van der Waals surface area contributed by atoms with Crippen molar-refractivity contribution in [3.05, 3.63) is 52.3 Å². The van der Waals surface area contributed by atoms with E-state index in [0.717, 1.165) is 67.0 Å². The number of hydrogen-bond donors (Lipinski definition) is 5. The van der Waals surface area contributed by atoms with Gasteiger partial charge in [-0.1, -0.05) is 6.07 Å². The van der Waals surface area contributed by atoms with E-state index in [9.17, 15) is 10.1 Å². The maximum absolute atomic E-state index is 11.1. The Morgan fingerprint density at radius 1 is 1.19 bits per heavy atom. The first-order valence-corrected chi connectivity index (χ1v) is 14.8. The number of aromatic amines is 2. The Morgan fingerprint density at radius 3 is 2.71 bits per heavy atom. The van der Waals surface area contributed by atoms with Gasteiger partial charge in [-0.15, -0.1) is 0 Å². The molecule has 12 nitrogen and oxygen atoms in total. The van der Waals surface area contributed by atoms with Gasteiger partial charge in [0.25, 0.3) is 0 Å². The Bertz CT molecular complexity index is 1400. The van der Waals surface area contributed by atoms with Gasteiger partial charge in [-0.05, 0) is 76.1 Å². The highest BCUT2D eigenvalue weighted by Gasteiger charge is 2.32. The van der Waals surface area contributed by atoms with Crippen LogP contribution in [-0.2, 0) is 16.1 Å². The van der Waals surface area contributed by atoms with Crippen LogP contribution >= 0.6 is 0 Å². The zero-order chi connectivity index (χ0) is 29.4. The average molecular weight is 576 g/mol. The molecule has 1 aliphatic carbocycles. The van der Waals surface area contributed by atoms with Crippen LogP contribution < -0.4 is 21.6 Å². The van der Waals surface area contributed by atoms with Gasteiger partial charge in [0.15, 0.2) is 5.82 Å². The van der Waals surface area contributed by atoms with Gasteiger partial charge in [-0.2, -0.15) is 10.4 Å². The van der Waals surface area contributed by atoms with Crippen molar-refractivity contribution < 1.29 is 9.47 Å². The summed E-state index contributed by atoms with van der Waals surface area (Å²) in [6, 6.07) is 11.6. The smallest absolute Gasteiger partial charge is 0.340 e. The Morgan fingerprint density at radius 2 is 1.98 bits per heavy atom. The topological polar surface area (TPSA) is 166 Å². The average Bonchev–Trinajstić information content (AvgIpc) is 3.43. The third-order valence-corrected chi connectivity index (χ3v) is 8.18. The van der Waals surface area contributed by atoms with E-state index >= 15 is 0 Å². The zero-order valence-corrected chi connectivity index (χ0v) is 24.4. The minimum atomic E-state index is -0.414. The Kier molecular flexibility index (Phi) is 9.84. The van der Waals surface area contributed by atoms with Crippen molar-refractivity contribution in [1.82, 2.24) is 30.5 Å². The molecule has 0 radical (unpaired) electrons. The summed E-state index contributed by atoms with van der Waals surface area (Å²) in [7, 11) is 0. The molecule has 1 saturated heterocycles. The zero-order valence-electron chi connectivity index (χ0n) is 24.4. The second kappa shape index (κ2) is 13.9. The molecule has 1 atom stereocenters. The lowest BCUT2D eigenvalue weighted by Crippen LogP contribution is -2.43. The number of pyridine rings is 2. The van der Waals surface area contributed by atoms with E-state index in [1.165, 1.54) is 0 Å². The maximum Gasteiger partial charge on any atom is 0.340 e. The third kappa shape index (κ3) is 7.94. The molecule has 0 unspecified atom stereocenters. The number of rotatable bonds is 12. The highest BCUT2D eigenvalue weighted by Crippen LogP contribution is 2.31. The normalized spacial score (nSPS) is 20.9. The number of anilines is 2. The van der Waals surface area contributed by atoms with Crippen LogP contribution in [0.5, 0.6) is 0 Å². The van der Waals surface area contributed by atoms with E-state index in [2.05, 4.69) is 62.1 Å². The van der Waals surface area contributed by atoms with Crippen molar-refractivity contribution in [2.45, 2.75) is 77.1 Å². The van der Waals surface area contributed by atoms with Crippen molar-refractivity contribution >= 4 is 11.6 Å². The van der Waals surface area contributed by atoms with E-state index < -0.39 is 5.41 Å². The molecule has 2 fully saturated rings. The number of aryl methyl sites for hydroxylation is 1. The summed E-state index contributed by atoms with van der Waals surface area (Å²) in [5.41, 5.74) is 2.25. The van der Waals surface area contributed by atoms with Gasteiger partial charge >= 0.3 is 5.69 Å². The van der Waals surface area contributed by atoms with Crippen molar-refractivity contribution in [2.75, 3.05) is 37.0 Å². The van der Waals surface area contributed by atoms with Gasteiger partial charge in [-0.3, -0.25) is 4.98 Å². The Labute approximate surface area is 246 Å². The molecule has 5 rings (SSSR count). The lowest BCUT2D eigenvalue weighted by atomic mass is 9.82. The largest absolute Gasteiger partial charge is 0.381 e. The summed E-state index contributed by atoms with van der Waals surface area (Å²) in [6.07, 6.45) is 7.60. The van der Waals surface area contributed by atoms with Gasteiger partial charge in [0, 0.05) is 49.6 Å². The minimum absolute atomic E-state index is 0.200. The van der Waals surface area contributed by atoms with Crippen molar-refractivity contribution in [3.63, 3.8) is 0 Å². The second-order valence-electron chi connectivity index (χ2n) is 11.6. The van der Waals surface area contributed by atoms with Gasteiger partial charge < -0.3 is 25.4 Å². The van der Waals surface area contributed by atoms with Crippen LogP contribution in [0.2, 0.25) is 0 Å². The first kappa shape index (κ1) is 29.7. The molecule has 0 bridgehead atoms. The Hall–Kier alpha value is -3.79. The first-order valence-electron chi connectivity index (χ1n) is 14.8. The number of nitrogens with zero attached hydrogens (tertiary/aromatic N) is 4. The standard InChI is InChI=1S/C30H41N9O3/c1-20-15-32-27(14-24(20)25-4-3-5-26(36-25)33-19-30(18-31)10-12-41-13-11-30)35-23-8-6-22(7-9-23)34-21(2)16-42-17-28-37-29(40)39-38-28/h3-5,14-15,21-23,34H,6-13,16-17,19H2,1-2H3,(H,32,35)(H,33,36)(H2,37,38,39,40)/t21-,22-,23-/m0/s1. The summed E-state index contributed by atoms with van der Waals surface area (Å²) in [5.74, 6) is 2.13. The molecule has 42 heavy (non-hydrogen) atoms. The summed E-state index contributed by atoms with van der Waals surface area (Å²) in [6.45, 7) is 6.79. The fourth-order valence-corrected chi connectivity index (χ4v) is 5.68. The Balaban J connectivity index is 1.11. The highest BCUT2D eigenvalue weighted by atomic mass is 16.5. The van der Waals surface area contributed by atoms with E-state index in [4.69, 9.17) is 14.5 Å². The van der Waals surface area contributed by atoms with Crippen LogP contribution in [0.3, 0.4) is 0 Å². The van der Waals surface area contributed by atoms with Crippen molar-refractivity contribution in [1.29, 1.82) is 5.26 Å². The number of ether oxygens (including phenoxy) is 2. The van der Waals surface area contributed by atoms with Crippen LogP contribution in [0, 0.1) is 23.7 Å². The van der Waals surface area contributed by atoms with Crippen molar-refractivity contribution in [2.24, 2.45) is 5.41 Å². The fourth-order valence-electron chi connectivity index (χ4n) is 5.68. The first-order chi connectivity index (χ1) is 20.4. The molecule has 0 amide bonds. The monoisotopic (exact) mass is 575 g/mol. The second-order valence-corrected chi connectivity index (χ2v) is 11.6. The molecule has 3 aromatic rings. The molecule has 1 aliphatic heterocycles. The molecular weight excluding hydrogens is 534 g/mol. The predicted molar refractivity (Wildman–Crippen MR) is 160 cm³/mol. The number of nitriles is 1. The molecule has 224 valence electrons. The van der Waals surface area contributed by atoms with Gasteiger partial charge in [0.05, 0.1) is 23.8 Å². The fraction of sp³-hybridized carbons (Fsp3) is 0.567. The van der Waals surface area contributed by atoms with Crippen LogP contribution in [0.15, 0.2) is 35.3 Å². The molecule has 5 N–H and O–H groups in total. The van der Waals surface area contributed by atoms with E-state index in [1.807, 2.05) is 24.4 Å². The summed E-state index contributed by atoms with van der Waals surface area (Å²) >= 11 is 0. The SMILES string of the molecule is Cc1cnc(N[C@H]2CC[C@H](N[C@@H](C)COCc3n[nH]c(=O)[nH]3)CC2)cc1-c1cccc(NCC2(C#N)CCOCC2)n1. The lowest BCUT2D eigenvalue weighted by molar-refractivity contribution is 0.0455. The van der Waals surface area contributed by atoms with Crippen LogP contribution in [0.25, 0.3) is 11.3 Å². The van der Waals surface area contributed by atoms with Gasteiger partial charge in [0.2, 0.25) is 0 Å². The summed E-state index contributed by atoms with van der Waals surface area (Å²) in [4.78, 5) is 23.2. The maximum atomic E-state index is 11.1. The lowest BCUT2D eigenvalue weighted by Gasteiger charge is -2.32.